The second-order valence-corrected chi connectivity index (χ2v) is 10.7. The molecule has 2 bridgehead atoms. The van der Waals surface area contributed by atoms with E-state index in [2.05, 4.69) is 36.4 Å². The van der Waals surface area contributed by atoms with Crippen LogP contribution in [-0.2, 0) is 38.8 Å². The molecule has 2 saturated heterocycles. The van der Waals surface area contributed by atoms with Gasteiger partial charge in [-0.3, -0.25) is 0 Å². The van der Waals surface area contributed by atoms with Crippen molar-refractivity contribution in [2.24, 2.45) is 0 Å². The molecule has 0 N–H and O–H groups in total. The molecule has 2 aliphatic rings. The van der Waals surface area contributed by atoms with E-state index in [0.29, 0.717) is 19.8 Å². The van der Waals surface area contributed by atoms with Crippen LogP contribution >= 0.6 is 21.6 Å². The Labute approximate surface area is 203 Å². The Morgan fingerprint density at radius 1 is 0.606 bits per heavy atom. The van der Waals surface area contributed by atoms with Crippen LogP contribution in [-0.4, -0.2) is 35.6 Å². The molecule has 5 rings (SSSR count). The maximum atomic E-state index is 6.55. The predicted molar refractivity (Wildman–Crippen MR) is 134 cm³/mol. The Kier molecular flexibility index (Phi) is 8.04. The molecule has 2 aliphatic heterocycles. The smallest absolute Gasteiger partial charge is 0.142 e. The third kappa shape index (κ3) is 6.01. The van der Waals surface area contributed by atoms with Crippen molar-refractivity contribution in [2.75, 3.05) is 5.75 Å². The van der Waals surface area contributed by atoms with E-state index in [1.165, 1.54) is 0 Å². The quantitative estimate of drug-likeness (QED) is 0.357. The summed E-state index contributed by atoms with van der Waals surface area (Å²) < 4.78 is 25.9. The van der Waals surface area contributed by atoms with E-state index in [1.54, 1.807) is 10.8 Å². The van der Waals surface area contributed by atoms with Crippen LogP contribution in [0.4, 0.5) is 0 Å². The van der Waals surface area contributed by atoms with Crippen LogP contribution in [0.15, 0.2) is 91.0 Å². The lowest BCUT2D eigenvalue weighted by atomic mass is 9.99. The number of hydrogen-bond acceptors (Lipinski definition) is 6. The molecule has 0 amide bonds. The molecule has 2 heterocycles. The molecular formula is C27H28O4S2. The molecule has 0 aliphatic carbocycles. The molecule has 3 aromatic rings. The molecular weight excluding hydrogens is 452 g/mol. The second kappa shape index (κ2) is 11.6. The first kappa shape index (κ1) is 23.0. The monoisotopic (exact) mass is 480 g/mol. The van der Waals surface area contributed by atoms with Crippen molar-refractivity contribution in [3.05, 3.63) is 108 Å². The summed E-state index contributed by atoms with van der Waals surface area (Å²) in [6.07, 6.45) is -0.694. The van der Waals surface area contributed by atoms with Crippen molar-refractivity contribution in [1.29, 1.82) is 0 Å². The van der Waals surface area contributed by atoms with Gasteiger partial charge in [-0.25, -0.2) is 0 Å². The summed E-state index contributed by atoms with van der Waals surface area (Å²) in [5.74, 6) is 0.872. The number of benzene rings is 3. The first-order valence-electron chi connectivity index (χ1n) is 11.3. The summed E-state index contributed by atoms with van der Waals surface area (Å²) in [5.41, 5.74) is 3.33. The average molecular weight is 481 g/mol. The molecule has 0 unspecified atom stereocenters. The van der Waals surface area contributed by atoms with E-state index in [9.17, 15) is 0 Å². The van der Waals surface area contributed by atoms with Crippen LogP contribution in [0.1, 0.15) is 16.7 Å². The van der Waals surface area contributed by atoms with Gasteiger partial charge in [-0.15, -0.1) is 0 Å². The number of fused-ring (bicyclic) bond motifs is 2. The topological polar surface area (TPSA) is 36.9 Å². The number of hydrogen-bond donors (Lipinski definition) is 0. The van der Waals surface area contributed by atoms with Crippen molar-refractivity contribution in [3.63, 3.8) is 0 Å². The van der Waals surface area contributed by atoms with Crippen LogP contribution in [0.5, 0.6) is 0 Å². The van der Waals surface area contributed by atoms with Crippen LogP contribution < -0.4 is 0 Å². The highest BCUT2D eigenvalue weighted by Gasteiger charge is 2.50. The van der Waals surface area contributed by atoms with Gasteiger partial charge in [0.05, 0.1) is 25.9 Å². The number of ether oxygens (including phenoxy) is 4. The van der Waals surface area contributed by atoms with Gasteiger partial charge < -0.3 is 18.9 Å². The van der Waals surface area contributed by atoms with Gasteiger partial charge in [0.25, 0.3) is 0 Å². The van der Waals surface area contributed by atoms with Crippen molar-refractivity contribution in [2.45, 2.75) is 49.7 Å². The van der Waals surface area contributed by atoms with Gasteiger partial charge in [-0.2, -0.15) is 0 Å². The maximum absolute atomic E-state index is 6.55. The lowest BCUT2D eigenvalue weighted by Crippen LogP contribution is -2.61. The Bertz CT molecular complexity index is 916. The van der Waals surface area contributed by atoms with Gasteiger partial charge in [-0.05, 0) is 16.7 Å². The highest BCUT2D eigenvalue weighted by molar-refractivity contribution is 8.77. The van der Waals surface area contributed by atoms with Gasteiger partial charge in [0, 0.05) is 5.75 Å². The van der Waals surface area contributed by atoms with Gasteiger partial charge in [0.2, 0.25) is 0 Å². The zero-order chi connectivity index (χ0) is 22.3. The van der Waals surface area contributed by atoms with E-state index in [4.69, 9.17) is 18.9 Å². The minimum absolute atomic E-state index is 0.0256. The molecule has 2 fully saturated rings. The average Bonchev–Trinajstić information content (AvgIpc) is 2.88. The fourth-order valence-corrected chi connectivity index (χ4v) is 6.78. The minimum Gasteiger partial charge on any atom is -0.368 e. The standard InChI is InChI=1S/C27H28O4S2/c1-4-10-20(11-5-1)16-28-24-23-19-32-33-27(31-23)26(30-18-22-14-8-3-9-15-22)25(24)29-17-21-12-6-2-7-13-21/h1-15,23-27H,16-19H2/t23-,24-,25+,26-,27+/m1/s1. The van der Waals surface area contributed by atoms with Crippen LogP contribution in [0.3, 0.4) is 0 Å². The van der Waals surface area contributed by atoms with Gasteiger partial charge >= 0.3 is 0 Å². The summed E-state index contributed by atoms with van der Waals surface area (Å²) in [6.45, 7) is 1.54. The van der Waals surface area contributed by atoms with Gasteiger partial charge in [0.1, 0.15) is 23.7 Å². The van der Waals surface area contributed by atoms with Gasteiger partial charge in [0.15, 0.2) is 0 Å². The largest absolute Gasteiger partial charge is 0.368 e. The zero-order valence-electron chi connectivity index (χ0n) is 18.3. The highest BCUT2D eigenvalue weighted by atomic mass is 33.1. The molecule has 172 valence electrons. The molecule has 0 aromatic heterocycles. The fourth-order valence-electron chi connectivity index (χ4n) is 4.13. The molecule has 33 heavy (non-hydrogen) atoms. The lowest BCUT2D eigenvalue weighted by molar-refractivity contribution is -0.242. The number of rotatable bonds is 9. The normalized spacial score (nSPS) is 26.7. The summed E-state index contributed by atoms with van der Waals surface area (Å²) in [5, 5.41) is 0. The zero-order valence-corrected chi connectivity index (χ0v) is 20.0. The van der Waals surface area contributed by atoms with E-state index < -0.39 is 0 Å². The maximum Gasteiger partial charge on any atom is 0.142 e. The second-order valence-electron chi connectivity index (χ2n) is 8.21. The molecule has 0 spiro atoms. The molecule has 0 radical (unpaired) electrons. The van der Waals surface area contributed by atoms with Gasteiger partial charge in [-0.1, -0.05) is 113 Å². The van der Waals surface area contributed by atoms with E-state index in [0.717, 1.165) is 22.4 Å². The minimum atomic E-state index is -0.233. The Hall–Kier alpha value is -1.80. The first-order valence-corrected chi connectivity index (χ1v) is 13.7. The summed E-state index contributed by atoms with van der Waals surface area (Å²) in [4.78, 5) is 0. The SMILES string of the molecule is c1ccc(CO[C@@H]2[C@@H](OCc3ccccc3)[C@H]3O[C@H](CSS3)[C@H]2OCc2ccccc2)cc1. The first-order chi connectivity index (χ1) is 16.4. The molecule has 6 heteroatoms. The Morgan fingerprint density at radius 2 is 1.06 bits per heavy atom. The third-order valence-electron chi connectivity index (χ3n) is 5.84. The van der Waals surface area contributed by atoms with Crippen LogP contribution in [0, 0.1) is 0 Å². The predicted octanol–water partition coefficient (Wildman–Crippen LogP) is 5.86. The van der Waals surface area contributed by atoms with Crippen molar-refractivity contribution >= 4 is 21.6 Å². The van der Waals surface area contributed by atoms with Crippen LogP contribution in [0.25, 0.3) is 0 Å². The summed E-state index contributed by atoms with van der Waals surface area (Å²) >= 11 is 0. The Balaban J connectivity index is 1.35. The van der Waals surface area contributed by atoms with E-state index >= 15 is 0 Å². The Morgan fingerprint density at radius 3 is 1.58 bits per heavy atom. The molecule has 3 aromatic carbocycles. The highest BCUT2D eigenvalue weighted by Crippen LogP contribution is 2.45. The fraction of sp³-hybridized carbons (Fsp3) is 0.333. The summed E-state index contributed by atoms with van der Waals surface area (Å²) in [6, 6.07) is 30.8. The van der Waals surface area contributed by atoms with E-state index in [1.807, 2.05) is 65.4 Å². The van der Waals surface area contributed by atoms with Crippen molar-refractivity contribution in [3.8, 4) is 0 Å². The van der Waals surface area contributed by atoms with Crippen molar-refractivity contribution in [1.82, 2.24) is 0 Å². The molecule has 5 atom stereocenters. The lowest BCUT2D eigenvalue weighted by Gasteiger charge is -2.48. The van der Waals surface area contributed by atoms with E-state index in [-0.39, 0.29) is 29.9 Å². The molecule has 4 nitrogen and oxygen atoms in total. The van der Waals surface area contributed by atoms with Crippen LogP contribution in [0.2, 0.25) is 0 Å². The van der Waals surface area contributed by atoms with Crippen molar-refractivity contribution < 1.29 is 18.9 Å². The molecule has 0 saturated carbocycles. The summed E-state index contributed by atoms with van der Waals surface area (Å²) in [7, 11) is 3.57. The third-order valence-corrected chi connectivity index (χ3v) is 8.40.